The Labute approximate surface area is 102 Å². The second-order valence-corrected chi connectivity index (χ2v) is 6.27. The van der Waals surface area contributed by atoms with E-state index in [1.54, 1.807) is 0 Å². The molecule has 0 spiro atoms. The van der Waals surface area contributed by atoms with Crippen molar-refractivity contribution in [2.45, 2.75) is 24.8 Å². The fraction of sp³-hybridized carbons (Fsp3) is 0.538. The van der Waals surface area contributed by atoms with Gasteiger partial charge in [-0.05, 0) is 31.5 Å². The largest absolute Gasteiger partial charge is 0.378 e. The SMILES string of the molecule is CC1CSC(C)(c2ccc(N(C)C)cc2)N1. The Morgan fingerprint density at radius 2 is 1.94 bits per heavy atom. The van der Waals surface area contributed by atoms with Gasteiger partial charge in [0.2, 0.25) is 0 Å². The number of thioether (sulfide) groups is 1. The molecule has 2 nitrogen and oxygen atoms in total. The van der Waals surface area contributed by atoms with Crippen LogP contribution in [0.25, 0.3) is 0 Å². The lowest BCUT2D eigenvalue weighted by Crippen LogP contribution is -2.35. The lowest BCUT2D eigenvalue weighted by molar-refractivity contribution is 0.501. The maximum atomic E-state index is 3.64. The molecule has 3 heteroatoms. The molecule has 16 heavy (non-hydrogen) atoms. The van der Waals surface area contributed by atoms with Crippen molar-refractivity contribution in [3.63, 3.8) is 0 Å². The van der Waals surface area contributed by atoms with E-state index in [4.69, 9.17) is 0 Å². The molecule has 0 amide bonds. The van der Waals surface area contributed by atoms with E-state index < -0.39 is 0 Å². The van der Waals surface area contributed by atoms with Crippen LogP contribution in [0.1, 0.15) is 19.4 Å². The number of anilines is 1. The first kappa shape index (κ1) is 11.8. The Morgan fingerprint density at radius 1 is 1.31 bits per heavy atom. The van der Waals surface area contributed by atoms with Crippen LogP contribution in [-0.4, -0.2) is 25.9 Å². The van der Waals surface area contributed by atoms with E-state index in [0.717, 1.165) is 0 Å². The number of hydrogen-bond acceptors (Lipinski definition) is 3. The van der Waals surface area contributed by atoms with Gasteiger partial charge in [-0.1, -0.05) is 12.1 Å². The van der Waals surface area contributed by atoms with E-state index in [-0.39, 0.29) is 4.87 Å². The van der Waals surface area contributed by atoms with Crippen molar-refractivity contribution in [2.24, 2.45) is 0 Å². The van der Waals surface area contributed by atoms with E-state index in [1.807, 2.05) is 11.8 Å². The molecule has 1 N–H and O–H groups in total. The van der Waals surface area contributed by atoms with Crippen molar-refractivity contribution < 1.29 is 0 Å². The number of nitrogens with zero attached hydrogens (tertiary/aromatic N) is 1. The van der Waals surface area contributed by atoms with Crippen molar-refractivity contribution in [1.82, 2.24) is 5.32 Å². The van der Waals surface area contributed by atoms with Crippen molar-refractivity contribution >= 4 is 17.4 Å². The van der Waals surface area contributed by atoms with E-state index in [2.05, 4.69) is 62.4 Å². The molecule has 0 aromatic heterocycles. The second kappa shape index (κ2) is 4.30. The van der Waals surface area contributed by atoms with Gasteiger partial charge in [-0.3, -0.25) is 5.32 Å². The van der Waals surface area contributed by atoms with E-state index in [9.17, 15) is 0 Å². The average Bonchev–Trinajstić information content (AvgIpc) is 2.60. The molecular formula is C13H20N2S. The molecule has 2 atom stereocenters. The highest BCUT2D eigenvalue weighted by Gasteiger charge is 2.34. The number of nitrogens with one attached hydrogen (secondary N) is 1. The fourth-order valence-corrected chi connectivity index (χ4v) is 3.34. The summed E-state index contributed by atoms with van der Waals surface area (Å²) in [5.74, 6) is 1.19. The van der Waals surface area contributed by atoms with Crippen molar-refractivity contribution in [1.29, 1.82) is 0 Å². The number of rotatable bonds is 2. The summed E-state index contributed by atoms with van der Waals surface area (Å²) in [6.07, 6.45) is 0. The van der Waals surface area contributed by atoms with Crippen LogP contribution >= 0.6 is 11.8 Å². The molecule has 0 radical (unpaired) electrons. The standard InChI is InChI=1S/C13H20N2S/c1-10-9-16-13(2,14-10)11-5-7-12(8-6-11)15(3)4/h5-8,10,14H,9H2,1-4H3. The summed E-state index contributed by atoms with van der Waals surface area (Å²) in [6.45, 7) is 4.51. The summed E-state index contributed by atoms with van der Waals surface area (Å²) in [7, 11) is 4.14. The minimum atomic E-state index is 0.0876. The molecular weight excluding hydrogens is 216 g/mol. The first-order valence-corrected chi connectivity index (χ1v) is 6.69. The van der Waals surface area contributed by atoms with Crippen LogP contribution in [0.2, 0.25) is 0 Å². The van der Waals surface area contributed by atoms with Crippen LogP contribution in [0.3, 0.4) is 0 Å². The van der Waals surface area contributed by atoms with Gasteiger partial charge in [0.25, 0.3) is 0 Å². The zero-order valence-electron chi connectivity index (χ0n) is 10.4. The summed E-state index contributed by atoms with van der Waals surface area (Å²) in [5.41, 5.74) is 2.62. The number of hydrogen-bond donors (Lipinski definition) is 1. The third-order valence-corrected chi connectivity index (χ3v) is 4.68. The Hall–Kier alpha value is -0.670. The first-order valence-electron chi connectivity index (χ1n) is 5.71. The van der Waals surface area contributed by atoms with Gasteiger partial charge in [0.1, 0.15) is 0 Å². The topological polar surface area (TPSA) is 15.3 Å². The quantitative estimate of drug-likeness (QED) is 0.850. The van der Waals surface area contributed by atoms with Crippen LogP contribution in [0.15, 0.2) is 24.3 Å². The monoisotopic (exact) mass is 236 g/mol. The van der Waals surface area contributed by atoms with Gasteiger partial charge in [0, 0.05) is 31.6 Å². The summed E-state index contributed by atoms with van der Waals surface area (Å²) >= 11 is 2.00. The lowest BCUT2D eigenvalue weighted by atomic mass is 10.1. The van der Waals surface area contributed by atoms with Crippen molar-refractivity contribution in [3.8, 4) is 0 Å². The van der Waals surface area contributed by atoms with E-state index in [1.165, 1.54) is 17.0 Å². The van der Waals surface area contributed by atoms with Gasteiger partial charge < -0.3 is 4.90 Å². The van der Waals surface area contributed by atoms with Gasteiger partial charge in [0.15, 0.2) is 0 Å². The lowest BCUT2D eigenvalue weighted by Gasteiger charge is -2.25. The summed E-state index contributed by atoms with van der Waals surface area (Å²) in [6, 6.07) is 9.43. The van der Waals surface area contributed by atoms with Gasteiger partial charge in [-0.15, -0.1) is 11.8 Å². The third-order valence-electron chi connectivity index (χ3n) is 3.08. The molecule has 1 fully saturated rings. The first-order chi connectivity index (χ1) is 7.51. The second-order valence-electron chi connectivity index (χ2n) is 4.83. The average molecular weight is 236 g/mol. The molecule has 0 bridgehead atoms. The molecule has 0 aliphatic carbocycles. The molecule has 1 aromatic rings. The van der Waals surface area contributed by atoms with E-state index >= 15 is 0 Å². The maximum Gasteiger partial charge on any atom is 0.0875 e. The molecule has 0 saturated carbocycles. The fourth-order valence-electron chi connectivity index (χ4n) is 2.09. The molecule has 2 rings (SSSR count). The zero-order valence-corrected chi connectivity index (χ0v) is 11.3. The van der Waals surface area contributed by atoms with Gasteiger partial charge >= 0.3 is 0 Å². The molecule has 1 saturated heterocycles. The maximum absolute atomic E-state index is 3.64. The van der Waals surface area contributed by atoms with Gasteiger partial charge in [0.05, 0.1) is 4.87 Å². The minimum absolute atomic E-state index is 0.0876. The van der Waals surface area contributed by atoms with E-state index in [0.29, 0.717) is 6.04 Å². The Balaban J connectivity index is 2.21. The highest BCUT2D eigenvalue weighted by molar-refractivity contribution is 8.00. The van der Waals surface area contributed by atoms with Crippen LogP contribution in [-0.2, 0) is 4.87 Å². The predicted molar refractivity (Wildman–Crippen MR) is 73.2 cm³/mol. The van der Waals surface area contributed by atoms with Crippen LogP contribution in [0.4, 0.5) is 5.69 Å². The molecule has 2 unspecified atom stereocenters. The van der Waals surface area contributed by atoms with Crippen molar-refractivity contribution in [2.75, 3.05) is 24.7 Å². The smallest absolute Gasteiger partial charge is 0.0875 e. The Kier molecular flexibility index (Phi) is 3.17. The molecule has 1 heterocycles. The van der Waals surface area contributed by atoms with Gasteiger partial charge in [-0.25, -0.2) is 0 Å². The predicted octanol–water partition coefficient (Wildman–Crippen LogP) is 2.65. The summed E-state index contributed by atoms with van der Waals surface area (Å²) in [4.78, 5) is 2.22. The number of benzene rings is 1. The summed E-state index contributed by atoms with van der Waals surface area (Å²) in [5, 5.41) is 3.64. The normalized spacial score (nSPS) is 29.4. The highest BCUT2D eigenvalue weighted by atomic mass is 32.2. The molecule has 88 valence electrons. The minimum Gasteiger partial charge on any atom is -0.378 e. The Morgan fingerprint density at radius 3 is 2.38 bits per heavy atom. The molecule has 1 aliphatic heterocycles. The molecule has 1 aliphatic rings. The summed E-state index contributed by atoms with van der Waals surface area (Å²) < 4.78 is 0. The third kappa shape index (κ3) is 2.20. The van der Waals surface area contributed by atoms with Crippen LogP contribution in [0.5, 0.6) is 0 Å². The Bertz CT molecular complexity index is 361. The zero-order chi connectivity index (χ0) is 11.8. The molecule has 1 aromatic carbocycles. The van der Waals surface area contributed by atoms with Crippen molar-refractivity contribution in [3.05, 3.63) is 29.8 Å². The van der Waals surface area contributed by atoms with Crippen LogP contribution in [0, 0.1) is 0 Å². The van der Waals surface area contributed by atoms with Gasteiger partial charge in [-0.2, -0.15) is 0 Å². The van der Waals surface area contributed by atoms with Crippen LogP contribution < -0.4 is 10.2 Å². The highest BCUT2D eigenvalue weighted by Crippen LogP contribution is 2.39.